The fourth-order valence-electron chi connectivity index (χ4n) is 6.65. The number of hydrogen-bond donors (Lipinski definition) is 6. The minimum atomic E-state index is -1.66. The Morgan fingerprint density at radius 2 is 1.72 bits per heavy atom. The Morgan fingerprint density at radius 3 is 2.35 bits per heavy atom. The molecule has 6 N–H and O–H groups in total. The van der Waals surface area contributed by atoms with Crippen molar-refractivity contribution in [1.29, 1.82) is 0 Å². The van der Waals surface area contributed by atoms with E-state index in [0.717, 1.165) is 18.9 Å². The number of ketones is 2. The maximum Gasteiger partial charge on any atom is 0.340 e. The molecule has 0 radical (unpaired) electrons. The maximum absolute atomic E-state index is 13.1. The number of rotatable bonds is 10. The van der Waals surface area contributed by atoms with Crippen LogP contribution in [0.3, 0.4) is 0 Å². The van der Waals surface area contributed by atoms with E-state index in [1.165, 1.54) is 19.9 Å². The molecule has 4 rings (SSSR count). The van der Waals surface area contributed by atoms with Gasteiger partial charge in [-0.3, -0.25) is 14.4 Å². The number of carboxylic acid groups (broad SMARTS) is 1. The molecule has 3 aliphatic rings. The third-order valence-corrected chi connectivity index (χ3v) is 9.71. The summed E-state index contributed by atoms with van der Waals surface area (Å²) in [4.78, 5) is 50.5. The van der Waals surface area contributed by atoms with Gasteiger partial charge in [-0.15, -0.1) is 0 Å². The molecule has 2 bridgehead atoms. The number of Topliss-reactive ketones (excluding diaryl/α,β-unsaturated/α-hetero) is 1. The number of amides is 1. The molecule has 1 aromatic carbocycles. The molecular weight excluding hydrogens is 598 g/mol. The van der Waals surface area contributed by atoms with Crippen LogP contribution in [0.2, 0.25) is 0 Å². The molecule has 46 heavy (non-hydrogen) atoms. The summed E-state index contributed by atoms with van der Waals surface area (Å²) in [6.45, 7) is 12.1. The summed E-state index contributed by atoms with van der Waals surface area (Å²) >= 11 is 0. The molecule has 12 nitrogen and oxygen atoms in total. The molecule has 1 aromatic rings. The smallest absolute Gasteiger partial charge is 0.340 e. The summed E-state index contributed by atoms with van der Waals surface area (Å²) in [6.07, 6.45) is 5.22. The van der Waals surface area contributed by atoms with Crippen LogP contribution >= 0.6 is 0 Å². The van der Waals surface area contributed by atoms with Crippen molar-refractivity contribution in [2.45, 2.75) is 91.5 Å². The van der Waals surface area contributed by atoms with Gasteiger partial charge in [-0.05, 0) is 27.2 Å². The van der Waals surface area contributed by atoms with Crippen molar-refractivity contribution in [2.75, 3.05) is 0 Å². The highest BCUT2D eigenvalue weighted by Gasteiger charge is 2.51. The predicted octanol–water partition coefficient (Wildman–Crippen LogP) is 3.55. The highest BCUT2D eigenvalue weighted by Crippen LogP contribution is 2.45. The number of allylic oxidation sites excluding steroid dienone is 4. The van der Waals surface area contributed by atoms with E-state index in [1.54, 1.807) is 26.0 Å². The molecule has 2 saturated heterocycles. The van der Waals surface area contributed by atoms with Crippen LogP contribution in [-0.2, 0) is 14.3 Å². The molecule has 2 fully saturated rings. The minimum absolute atomic E-state index is 0.0761. The van der Waals surface area contributed by atoms with Crippen LogP contribution in [0.1, 0.15) is 91.0 Å². The molecule has 2 heterocycles. The Bertz CT molecular complexity index is 1540. The van der Waals surface area contributed by atoms with E-state index in [4.69, 9.17) is 9.47 Å². The van der Waals surface area contributed by atoms with E-state index in [0.29, 0.717) is 0 Å². The van der Waals surface area contributed by atoms with Gasteiger partial charge < -0.3 is 40.3 Å². The second-order valence-corrected chi connectivity index (χ2v) is 13.0. The Balaban J connectivity index is 1.40. The summed E-state index contributed by atoms with van der Waals surface area (Å²) in [5, 5.41) is 54.7. The lowest BCUT2D eigenvalue weighted by Gasteiger charge is -2.45. The largest absolute Gasteiger partial charge is 0.507 e. The second-order valence-electron chi connectivity index (χ2n) is 13.0. The molecule has 250 valence electrons. The summed E-state index contributed by atoms with van der Waals surface area (Å²) in [5.41, 5.74) is -2.73. The molecule has 12 heteroatoms. The number of aromatic hydroxyl groups is 2. The fraction of sp³-hybridized carbons (Fsp3) is 0.529. The van der Waals surface area contributed by atoms with Crippen molar-refractivity contribution < 1.29 is 54.2 Å². The Morgan fingerprint density at radius 1 is 1.07 bits per heavy atom. The number of carbonyl (C=O) groups is 4. The molecule has 0 spiro atoms. The number of carbonyl (C=O) groups excluding carboxylic acids is 3. The molecule has 0 aromatic heterocycles. The first-order valence-electron chi connectivity index (χ1n) is 15.4. The van der Waals surface area contributed by atoms with E-state index in [2.05, 4.69) is 12.2 Å². The predicted molar refractivity (Wildman–Crippen MR) is 165 cm³/mol. The van der Waals surface area contributed by atoms with Crippen LogP contribution in [0.5, 0.6) is 11.5 Å². The molecule has 0 unspecified atom stereocenters. The maximum atomic E-state index is 13.1. The number of nitrogens with one attached hydrogen (secondary N) is 1. The average molecular weight is 642 g/mol. The number of benzene rings is 1. The lowest BCUT2D eigenvalue weighted by Crippen LogP contribution is -2.52. The third-order valence-electron chi connectivity index (χ3n) is 9.71. The number of aromatic carboxylic acids is 1. The Labute approximate surface area is 267 Å². The van der Waals surface area contributed by atoms with Gasteiger partial charge in [0.15, 0.2) is 11.6 Å². The van der Waals surface area contributed by atoms with E-state index >= 15 is 0 Å². The van der Waals surface area contributed by atoms with Gasteiger partial charge in [-0.25, -0.2) is 4.79 Å². The molecule has 1 aliphatic carbocycles. The lowest BCUT2D eigenvalue weighted by atomic mass is 9.78. The third kappa shape index (κ3) is 6.39. The van der Waals surface area contributed by atoms with Crippen molar-refractivity contribution in [3.8, 4) is 11.5 Å². The van der Waals surface area contributed by atoms with Gasteiger partial charge in [0.05, 0.1) is 41.2 Å². The lowest BCUT2D eigenvalue weighted by molar-refractivity contribution is -0.309. The number of aliphatic hydroxyl groups is 2. The number of phenols is 2. The van der Waals surface area contributed by atoms with Crippen LogP contribution in [-0.4, -0.2) is 79.2 Å². The van der Waals surface area contributed by atoms with E-state index in [1.807, 2.05) is 13.8 Å². The molecule has 1 amide bonds. The van der Waals surface area contributed by atoms with Crippen LogP contribution in [0, 0.1) is 30.6 Å². The summed E-state index contributed by atoms with van der Waals surface area (Å²) in [7, 11) is 0. The van der Waals surface area contributed by atoms with Gasteiger partial charge in [-0.1, -0.05) is 45.9 Å². The van der Waals surface area contributed by atoms with Gasteiger partial charge in [0.1, 0.15) is 17.1 Å². The molecule has 0 saturated carbocycles. The van der Waals surface area contributed by atoms with Crippen molar-refractivity contribution in [2.24, 2.45) is 23.7 Å². The molecule has 9 atom stereocenters. The van der Waals surface area contributed by atoms with Gasteiger partial charge in [0.25, 0.3) is 5.91 Å². The van der Waals surface area contributed by atoms with Crippen LogP contribution in [0.4, 0.5) is 0 Å². The van der Waals surface area contributed by atoms with Crippen LogP contribution in [0.25, 0.3) is 0 Å². The van der Waals surface area contributed by atoms with Crippen molar-refractivity contribution in [3.63, 3.8) is 0 Å². The van der Waals surface area contributed by atoms with Crippen molar-refractivity contribution in [1.82, 2.24) is 5.32 Å². The van der Waals surface area contributed by atoms with E-state index < -0.39 is 87.2 Å². The monoisotopic (exact) mass is 641 g/mol. The molecular formula is C34H43NO11. The Kier molecular flexibility index (Phi) is 9.98. The normalized spacial score (nSPS) is 27.9. The first kappa shape index (κ1) is 35.0. The fourth-order valence-corrected chi connectivity index (χ4v) is 6.65. The van der Waals surface area contributed by atoms with E-state index in [9.17, 15) is 44.7 Å². The quantitative estimate of drug-likeness (QED) is 0.161. The molecule has 2 aliphatic heterocycles. The number of fused-ring (bicyclic) bond motifs is 3. The topological polar surface area (TPSA) is 200 Å². The highest BCUT2D eigenvalue weighted by molar-refractivity contribution is 6.29. The first-order chi connectivity index (χ1) is 21.4. The minimum Gasteiger partial charge on any atom is -0.507 e. The standard InChI is InChI=1S/C34H43NO11/c1-14(26(37)17(4)27(38)19(6)31-16(3)22-11-12-34(7,45-22)46-31)9-8-10-15(2)32(42)35-20-13-21(36)23-24(30(20)41)28(39)18(5)29(40)25(23)33(43)44/h8-10,13-14,16-17,19,22,26-27,31,37-40H,11-12H2,1-7H3,(H,35,42)(H,43,44)/b9-8+,15-10-/t14-,16+,17-,19+,22-,26-,27+,31+,34+/m0/s1. The van der Waals surface area contributed by atoms with Gasteiger partial charge in [0.2, 0.25) is 5.78 Å². The number of aliphatic hydroxyl groups excluding tert-OH is 2. The average Bonchev–Trinajstić information content (AvgIpc) is 3.34. The van der Waals surface area contributed by atoms with Crippen LogP contribution in [0.15, 0.2) is 35.6 Å². The summed E-state index contributed by atoms with van der Waals surface area (Å²) in [5.74, 6) is -7.70. The Hall–Kier alpha value is -3.84. The summed E-state index contributed by atoms with van der Waals surface area (Å²) < 4.78 is 12.3. The number of hydrogen-bond acceptors (Lipinski definition) is 10. The van der Waals surface area contributed by atoms with E-state index in [-0.39, 0.29) is 35.2 Å². The van der Waals surface area contributed by atoms with Crippen molar-refractivity contribution in [3.05, 3.63) is 57.8 Å². The second kappa shape index (κ2) is 13.1. The zero-order valence-electron chi connectivity index (χ0n) is 27.0. The highest BCUT2D eigenvalue weighted by atomic mass is 16.7. The zero-order chi connectivity index (χ0) is 34.4. The summed E-state index contributed by atoms with van der Waals surface area (Å²) in [6, 6.07) is 0. The number of carboxylic acids is 1. The SMILES string of the molecule is C/C(=C/C=C/[C@H](C)[C@H](O)[C@H](C)[C@@H](O)[C@@H](C)[C@@H]1O[C@]2(C)CC[C@H](O2)[C@H]1C)C(=O)NC1=CC(=O)c2c(C(=O)O)c(O)c(C)c(O)c2C1=O. The van der Waals surface area contributed by atoms with Crippen LogP contribution < -0.4 is 5.32 Å². The first-order valence-corrected chi connectivity index (χ1v) is 15.4. The van der Waals surface area contributed by atoms with Crippen molar-refractivity contribution >= 4 is 23.4 Å². The van der Waals surface area contributed by atoms with Gasteiger partial charge >= 0.3 is 5.97 Å². The van der Waals surface area contributed by atoms with Gasteiger partial charge in [0, 0.05) is 47.3 Å². The van der Waals surface area contributed by atoms with Gasteiger partial charge in [-0.2, -0.15) is 0 Å². The number of ether oxygens (including phenoxy) is 2. The number of phenolic OH excluding ortho intramolecular Hbond substituents is 1. The zero-order valence-corrected chi connectivity index (χ0v) is 27.0.